The minimum Gasteiger partial charge on any atom is -0.360 e. The van der Waals surface area contributed by atoms with E-state index in [9.17, 15) is 4.79 Å². The average Bonchev–Trinajstić information content (AvgIpc) is 3.05. The molecule has 0 bridgehead atoms. The number of hydrogen-bond acceptors (Lipinski definition) is 2. The van der Waals surface area contributed by atoms with Gasteiger partial charge in [0.15, 0.2) is 5.78 Å². The molecule has 2 aromatic heterocycles. The number of rotatable bonds is 3. The Morgan fingerprint density at radius 2 is 2.06 bits per heavy atom. The molecule has 18 heavy (non-hydrogen) atoms. The van der Waals surface area contributed by atoms with Crippen LogP contribution >= 0.6 is 11.3 Å². The van der Waals surface area contributed by atoms with Crippen LogP contribution in [0.15, 0.2) is 54.1 Å². The van der Waals surface area contributed by atoms with Crippen molar-refractivity contribution in [3.63, 3.8) is 0 Å². The van der Waals surface area contributed by atoms with E-state index in [1.807, 2.05) is 47.9 Å². The van der Waals surface area contributed by atoms with Crippen molar-refractivity contribution in [1.29, 1.82) is 0 Å². The standard InChI is InChI=1S/C15H11NOS/c17-15(8-7-11-4-3-9-18-11)13-10-16-14-6-2-1-5-12(13)14/h1-10,16H/b8-7+. The molecule has 0 atom stereocenters. The van der Waals surface area contributed by atoms with Crippen LogP contribution < -0.4 is 0 Å². The number of para-hydroxylation sites is 1. The number of benzene rings is 1. The van der Waals surface area contributed by atoms with Crippen molar-refractivity contribution in [3.05, 3.63) is 64.5 Å². The number of ketones is 1. The Kier molecular flexibility index (Phi) is 2.82. The van der Waals surface area contributed by atoms with E-state index in [0.29, 0.717) is 0 Å². The largest absolute Gasteiger partial charge is 0.360 e. The zero-order chi connectivity index (χ0) is 12.4. The fraction of sp³-hybridized carbons (Fsp3) is 0. The second kappa shape index (κ2) is 4.63. The number of carbonyl (C=O) groups is 1. The summed E-state index contributed by atoms with van der Waals surface area (Å²) in [6.45, 7) is 0. The highest BCUT2D eigenvalue weighted by Crippen LogP contribution is 2.19. The third-order valence-electron chi connectivity index (χ3n) is 2.80. The first-order valence-corrected chi connectivity index (χ1v) is 6.54. The van der Waals surface area contributed by atoms with Crippen LogP contribution in [0, 0.1) is 0 Å². The Morgan fingerprint density at radius 1 is 1.17 bits per heavy atom. The molecular formula is C15H11NOS. The Bertz CT molecular complexity index is 707. The number of hydrogen-bond donors (Lipinski definition) is 1. The predicted octanol–water partition coefficient (Wildman–Crippen LogP) is 4.13. The highest BCUT2D eigenvalue weighted by molar-refractivity contribution is 7.10. The molecule has 0 spiro atoms. The number of H-pyrrole nitrogens is 1. The molecule has 0 saturated carbocycles. The number of aromatic amines is 1. The Hall–Kier alpha value is -2.13. The predicted molar refractivity (Wildman–Crippen MR) is 76.0 cm³/mol. The molecule has 0 aliphatic heterocycles. The van der Waals surface area contributed by atoms with Crippen molar-refractivity contribution >= 4 is 34.1 Å². The summed E-state index contributed by atoms with van der Waals surface area (Å²) in [5.41, 5.74) is 1.71. The van der Waals surface area contributed by atoms with Gasteiger partial charge in [0.25, 0.3) is 0 Å². The normalized spacial score (nSPS) is 11.3. The van der Waals surface area contributed by atoms with Gasteiger partial charge >= 0.3 is 0 Å². The molecule has 3 aromatic rings. The van der Waals surface area contributed by atoms with Crippen LogP contribution in [-0.2, 0) is 0 Å². The highest BCUT2D eigenvalue weighted by atomic mass is 32.1. The molecule has 0 unspecified atom stereocenters. The highest BCUT2D eigenvalue weighted by Gasteiger charge is 2.08. The zero-order valence-electron chi connectivity index (χ0n) is 9.59. The van der Waals surface area contributed by atoms with Crippen molar-refractivity contribution in [3.8, 4) is 0 Å². The maximum atomic E-state index is 12.1. The molecule has 1 aromatic carbocycles. The van der Waals surface area contributed by atoms with Crippen molar-refractivity contribution in [1.82, 2.24) is 4.98 Å². The minimum absolute atomic E-state index is 0.0286. The molecule has 0 fully saturated rings. The van der Waals surface area contributed by atoms with Crippen LogP contribution in [0.1, 0.15) is 15.2 Å². The third kappa shape index (κ3) is 2.00. The van der Waals surface area contributed by atoms with Gasteiger partial charge in [-0.15, -0.1) is 11.3 Å². The number of thiophene rings is 1. The van der Waals surface area contributed by atoms with E-state index in [2.05, 4.69) is 4.98 Å². The van der Waals surface area contributed by atoms with E-state index >= 15 is 0 Å². The monoisotopic (exact) mass is 253 g/mol. The zero-order valence-corrected chi connectivity index (χ0v) is 10.4. The number of carbonyl (C=O) groups excluding carboxylic acids is 1. The molecule has 1 N–H and O–H groups in total. The van der Waals surface area contributed by atoms with Crippen LogP contribution in [0.2, 0.25) is 0 Å². The minimum atomic E-state index is 0.0286. The van der Waals surface area contributed by atoms with Crippen LogP contribution in [-0.4, -0.2) is 10.8 Å². The lowest BCUT2D eigenvalue weighted by molar-refractivity contribution is 0.104. The van der Waals surface area contributed by atoms with E-state index in [0.717, 1.165) is 21.3 Å². The Morgan fingerprint density at radius 3 is 2.89 bits per heavy atom. The second-order valence-electron chi connectivity index (χ2n) is 3.96. The fourth-order valence-corrected chi connectivity index (χ4v) is 2.53. The molecule has 3 rings (SSSR count). The summed E-state index contributed by atoms with van der Waals surface area (Å²) in [7, 11) is 0. The van der Waals surface area contributed by atoms with Gasteiger partial charge in [-0.2, -0.15) is 0 Å². The second-order valence-corrected chi connectivity index (χ2v) is 4.94. The first-order valence-electron chi connectivity index (χ1n) is 5.66. The lowest BCUT2D eigenvalue weighted by Gasteiger charge is -1.92. The summed E-state index contributed by atoms with van der Waals surface area (Å²) in [5.74, 6) is 0.0286. The van der Waals surface area contributed by atoms with Crippen molar-refractivity contribution < 1.29 is 4.79 Å². The lowest BCUT2D eigenvalue weighted by atomic mass is 10.1. The summed E-state index contributed by atoms with van der Waals surface area (Å²) in [5, 5.41) is 2.97. The molecular weight excluding hydrogens is 242 g/mol. The Balaban J connectivity index is 1.93. The summed E-state index contributed by atoms with van der Waals surface area (Å²) in [4.78, 5) is 16.3. The van der Waals surface area contributed by atoms with Crippen LogP contribution in [0.5, 0.6) is 0 Å². The summed E-state index contributed by atoms with van der Waals surface area (Å²) in [6.07, 6.45) is 5.25. The summed E-state index contributed by atoms with van der Waals surface area (Å²) in [6, 6.07) is 11.8. The van der Waals surface area contributed by atoms with Crippen LogP contribution in [0.25, 0.3) is 17.0 Å². The number of nitrogens with one attached hydrogen (secondary N) is 1. The van der Waals surface area contributed by atoms with Gasteiger partial charge in [0.2, 0.25) is 0 Å². The van der Waals surface area contributed by atoms with Crippen molar-refractivity contribution in [2.24, 2.45) is 0 Å². The fourth-order valence-electron chi connectivity index (χ4n) is 1.91. The van der Waals surface area contributed by atoms with Crippen LogP contribution in [0.4, 0.5) is 0 Å². The molecule has 2 nitrogen and oxygen atoms in total. The van der Waals surface area contributed by atoms with E-state index in [1.54, 1.807) is 23.6 Å². The van der Waals surface area contributed by atoms with E-state index < -0.39 is 0 Å². The average molecular weight is 253 g/mol. The lowest BCUT2D eigenvalue weighted by Crippen LogP contribution is -1.91. The molecule has 0 saturated heterocycles. The summed E-state index contributed by atoms with van der Waals surface area (Å²) >= 11 is 1.62. The summed E-state index contributed by atoms with van der Waals surface area (Å²) < 4.78 is 0. The van der Waals surface area contributed by atoms with Gasteiger partial charge in [-0.1, -0.05) is 24.3 Å². The molecule has 0 aliphatic rings. The molecule has 0 amide bonds. The number of fused-ring (bicyclic) bond motifs is 1. The van der Waals surface area contributed by atoms with Gasteiger partial charge in [0, 0.05) is 27.5 Å². The third-order valence-corrected chi connectivity index (χ3v) is 3.63. The van der Waals surface area contributed by atoms with Gasteiger partial charge in [-0.3, -0.25) is 4.79 Å². The van der Waals surface area contributed by atoms with Gasteiger partial charge < -0.3 is 4.98 Å². The maximum Gasteiger partial charge on any atom is 0.188 e. The van der Waals surface area contributed by atoms with Gasteiger partial charge in [0.05, 0.1) is 0 Å². The van der Waals surface area contributed by atoms with Crippen LogP contribution in [0.3, 0.4) is 0 Å². The molecule has 0 aliphatic carbocycles. The number of allylic oxidation sites excluding steroid dienone is 1. The van der Waals surface area contributed by atoms with E-state index in [1.165, 1.54) is 0 Å². The van der Waals surface area contributed by atoms with Crippen molar-refractivity contribution in [2.75, 3.05) is 0 Å². The topological polar surface area (TPSA) is 32.9 Å². The van der Waals surface area contributed by atoms with Gasteiger partial charge in [0.1, 0.15) is 0 Å². The maximum absolute atomic E-state index is 12.1. The van der Waals surface area contributed by atoms with Gasteiger partial charge in [-0.25, -0.2) is 0 Å². The molecule has 88 valence electrons. The molecule has 0 radical (unpaired) electrons. The first kappa shape index (κ1) is 11.0. The van der Waals surface area contributed by atoms with Gasteiger partial charge in [-0.05, 0) is 29.7 Å². The quantitative estimate of drug-likeness (QED) is 0.552. The van der Waals surface area contributed by atoms with E-state index in [-0.39, 0.29) is 5.78 Å². The molecule has 2 heterocycles. The SMILES string of the molecule is O=C(/C=C/c1cccs1)c1c[nH]c2ccccc12. The molecule has 3 heteroatoms. The first-order chi connectivity index (χ1) is 8.84. The number of aromatic nitrogens is 1. The smallest absolute Gasteiger partial charge is 0.188 e. The Labute approximate surface area is 109 Å². The van der Waals surface area contributed by atoms with Crippen molar-refractivity contribution in [2.45, 2.75) is 0 Å². The van der Waals surface area contributed by atoms with E-state index in [4.69, 9.17) is 0 Å².